The van der Waals surface area contributed by atoms with Crippen LogP contribution in [0.15, 0.2) is 16.5 Å². The minimum absolute atomic E-state index is 0.0589. The van der Waals surface area contributed by atoms with E-state index in [1.165, 1.54) is 38.6 Å². The largest absolute Gasteiger partial charge is 0.455 e. The molecular formula is C19H29N3O2. The Labute approximate surface area is 144 Å². The standard InChI is InChI=1S/C19H29N3O2/c1-15-6-2-3-11-22(15)16-12-21(13-16)19(23)18-8-7-17(24-18)14-20-9-4-5-10-20/h7-8,15-16H,2-6,9-14H2,1H3. The Balaban J connectivity index is 1.30. The predicted molar refractivity (Wildman–Crippen MR) is 92.9 cm³/mol. The molecule has 1 unspecified atom stereocenters. The highest BCUT2D eigenvalue weighted by Crippen LogP contribution is 2.26. The van der Waals surface area contributed by atoms with Crippen molar-refractivity contribution in [3.05, 3.63) is 23.7 Å². The molecule has 1 aromatic heterocycles. The second-order valence-corrected chi connectivity index (χ2v) is 7.70. The molecule has 5 nitrogen and oxygen atoms in total. The lowest BCUT2D eigenvalue weighted by atomic mass is 9.97. The van der Waals surface area contributed by atoms with Gasteiger partial charge in [0.1, 0.15) is 5.76 Å². The van der Waals surface area contributed by atoms with Gasteiger partial charge in [-0.2, -0.15) is 0 Å². The smallest absolute Gasteiger partial charge is 0.289 e. The molecular weight excluding hydrogens is 302 g/mol. The average molecular weight is 331 g/mol. The molecule has 0 bridgehead atoms. The molecule has 0 N–H and O–H groups in total. The van der Waals surface area contributed by atoms with E-state index in [-0.39, 0.29) is 5.91 Å². The third-order valence-corrected chi connectivity index (χ3v) is 5.92. The Bertz CT molecular complexity index is 573. The van der Waals surface area contributed by atoms with Gasteiger partial charge in [0, 0.05) is 25.2 Å². The van der Waals surface area contributed by atoms with Gasteiger partial charge in [-0.3, -0.25) is 14.6 Å². The molecule has 0 saturated carbocycles. The molecule has 132 valence electrons. The first-order valence-electron chi connectivity index (χ1n) is 9.57. The van der Waals surface area contributed by atoms with Gasteiger partial charge in [-0.25, -0.2) is 0 Å². The van der Waals surface area contributed by atoms with Crippen molar-refractivity contribution in [3.8, 4) is 0 Å². The summed E-state index contributed by atoms with van der Waals surface area (Å²) in [7, 11) is 0. The third kappa shape index (κ3) is 3.24. The van der Waals surface area contributed by atoms with E-state index in [1.807, 2.05) is 17.0 Å². The fourth-order valence-corrected chi connectivity index (χ4v) is 4.39. The maximum Gasteiger partial charge on any atom is 0.289 e. The van der Waals surface area contributed by atoms with Crippen LogP contribution in [0.1, 0.15) is 55.3 Å². The number of furan rings is 1. The molecule has 4 rings (SSSR count). The molecule has 0 aromatic carbocycles. The lowest BCUT2D eigenvalue weighted by molar-refractivity contribution is 0.000413. The minimum Gasteiger partial charge on any atom is -0.455 e. The second kappa shape index (κ2) is 6.89. The monoisotopic (exact) mass is 331 g/mol. The van der Waals surface area contributed by atoms with Crippen molar-refractivity contribution in [3.63, 3.8) is 0 Å². The fraction of sp³-hybridized carbons (Fsp3) is 0.737. The summed E-state index contributed by atoms with van der Waals surface area (Å²) >= 11 is 0. The van der Waals surface area contributed by atoms with Gasteiger partial charge in [-0.05, 0) is 64.4 Å². The van der Waals surface area contributed by atoms with Crippen LogP contribution in [0.3, 0.4) is 0 Å². The summed E-state index contributed by atoms with van der Waals surface area (Å²) in [6, 6.07) is 5.03. The molecule has 3 fully saturated rings. The summed E-state index contributed by atoms with van der Waals surface area (Å²) in [5.74, 6) is 1.49. The number of amides is 1. The van der Waals surface area contributed by atoms with Gasteiger partial charge in [0.2, 0.25) is 0 Å². The average Bonchev–Trinajstić information content (AvgIpc) is 3.20. The molecule has 4 heterocycles. The van der Waals surface area contributed by atoms with E-state index in [0.717, 1.165) is 38.5 Å². The first kappa shape index (κ1) is 16.2. The van der Waals surface area contributed by atoms with Gasteiger partial charge in [0.25, 0.3) is 5.91 Å². The van der Waals surface area contributed by atoms with Gasteiger partial charge in [-0.15, -0.1) is 0 Å². The predicted octanol–water partition coefficient (Wildman–Crippen LogP) is 2.57. The number of hydrogen-bond acceptors (Lipinski definition) is 4. The van der Waals surface area contributed by atoms with Gasteiger partial charge >= 0.3 is 0 Å². The van der Waals surface area contributed by atoms with Gasteiger partial charge in [0.15, 0.2) is 5.76 Å². The maximum absolute atomic E-state index is 12.6. The number of carbonyl (C=O) groups is 1. The fourth-order valence-electron chi connectivity index (χ4n) is 4.39. The molecule has 0 radical (unpaired) electrons. The van der Waals surface area contributed by atoms with Crippen LogP contribution in [-0.2, 0) is 6.54 Å². The van der Waals surface area contributed by atoms with Gasteiger partial charge < -0.3 is 9.32 Å². The molecule has 1 atom stereocenters. The molecule has 24 heavy (non-hydrogen) atoms. The van der Waals surface area contributed by atoms with Gasteiger partial charge in [-0.1, -0.05) is 6.42 Å². The van der Waals surface area contributed by atoms with E-state index in [0.29, 0.717) is 17.8 Å². The number of likely N-dealkylation sites (tertiary alicyclic amines) is 3. The quantitative estimate of drug-likeness (QED) is 0.850. The molecule has 5 heteroatoms. The topological polar surface area (TPSA) is 39.9 Å². The first-order valence-corrected chi connectivity index (χ1v) is 9.57. The van der Waals surface area contributed by atoms with Crippen molar-refractivity contribution in [2.45, 2.75) is 57.7 Å². The summed E-state index contributed by atoms with van der Waals surface area (Å²) in [5.41, 5.74) is 0. The summed E-state index contributed by atoms with van der Waals surface area (Å²) in [6.45, 7) is 8.34. The van der Waals surface area contributed by atoms with E-state index >= 15 is 0 Å². The van der Waals surface area contributed by atoms with E-state index in [2.05, 4.69) is 16.7 Å². The molecule has 3 aliphatic rings. The second-order valence-electron chi connectivity index (χ2n) is 7.70. The normalized spacial score (nSPS) is 26.7. The highest BCUT2D eigenvalue weighted by molar-refractivity contribution is 5.92. The Morgan fingerprint density at radius 3 is 2.62 bits per heavy atom. The third-order valence-electron chi connectivity index (χ3n) is 5.92. The van der Waals surface area contributed by atoms with Crippen molar-refractivity contribution in [1.82, 2.24) is 14.7 Å². The maximum atomic E-state index is 12.6. The number of carbonyl (C=O) groups excluding carboxylic acids is 1. The lowest BCUT2D eigenvalue weighted by Crippen LogP contribution is -2.63. The van der Waals surface area contributed by atoms with Crippen LogP contribution in [0.2, 0.25) is 0 Å². The Hall–Kier alpha value is -1.33. The molecule has 3 saturated heterocycles. The number of nitrogens with zero attached hydrogens (tertiary/aromatic N) is 3. The van der Waals surface area contributed by atoms with E-state index < -0.39 is 0 Å². The Morgan fingerprint density at radius 2 is 1.88 bits per heavy atom. The van der Waals surface area contributed by atoms with E-state index in [1.54, 1.807) is 0 Å². The number of rotatable bonds is 4. The zero-order valence-electron chi connectivity index (χ0n) is 14.7. The van der Waals surface area contributed by atoms with Crippen molar-refractivity contribution in [2.24, 2.45) is 0 Å². The van der Waals surface area contributed by atoms with Crippen LogP contribution in [0.5, 0.6) is 0 Å². The van der Waals surface area contributed by atoms with Crippen LogP contribution >= 0.6 is 0 Å². The van der Waals surface area contributed by atoms with Crippen molar-refractivity contribution >= 4 is 5.91 Å². The molecule has 1 amide bonds. The molecule has 0 aliphatic carbocycles. The zero-order chi connectivity index (χ0) is 16.5. The summed E-state index contributed by atoms with van der Waals surface area (Å²) in [6.07, 6.45) is 6.49. The van der Waals surface area contributed by atoms with Crippen LogP contribution < -0.4 is 0 Å². The van der Waals surface area contributed by atoms with Crippen molar-refractivity contribution in [2.75, 3.05) is 32.7 Å². The van der Waals surface area contributed by atoms with Crippen LogP contribution in [0.25, 0.3) is 0 Å². The summed E-state index contributed by atoms with van der Waals surface area (Å²) < 4.78 is 5.82. The first-order chi connectivity index (χ1) is 11.7. The van der Waals surface area contributed by atoms with Crippen LogP contribution in [0, 0.1) is 0 Å². The highest BCUT2D eigenvalue weighted by atomic mass is 16.4. The molecule has 3 aliphatic heterocycles. The zero-order valence-corrected chi connectivity index (χ0v) is 14.7. The molecule has 1 aromatic rings. The SMILES string of the molecule is CC1CCCCN1C1CN(C(=O)c2ccc(CN3CCCC3)o2)C1. The Kier molecular flexibility index (Phi) is 4.63. The summed E-state index contributed by atoms with van der Waals surface area (Å²) in [4.78, 5) is 19.5. The van der Waals surface area contributed by atoms with Crippen molar-refractivity contribution in [1.29, 1.82) is 0 Å². The lowest BCUT2D eigenvalue weighted by Gasteiger charge is -2.49. The molecule has 0 spiro atoms. The number of hydrogen-bond donors (Lipinski definition) is 0. The van der Waals surface area contributed by atoms with E-state index in [4.69, 9.17) is 4.42 Å². The van der Waals surface area contributed by atoms with Gasteiger partial charge in [0.05, 0.1) is 6.54 Å². The highest BCUT2D eigenvalue weighted by Gasteiger charge is 2.38. The Morgan fingerprint density at radius 1 is 1.12 bits per heavy atom. The van der Waals surface area contributed by atoms with E-state index in [9.17, 15) is 4.79 Å². The van der Waals surface area contributed by atoms with Crippen LogP contribution in [-0.4, -0.2) is 65.4 Å². The van der Waals surface area contributed by atoms with Crippen molar-refractivity contribution < 1.29 is 9.21 Å². The number of piperidine rings is 1. The summed E-state index contributed by atoms with van der Waals surface area (Å²) in [5, 5.41) is 0. The minimum atomic E-state index is 0.0589. The van der Waals surface area contributed by atoms with Crippen LogP contribution in [0.4, 0.5) is 0 Å².